The molecule has 3 rings (SSSR count). The van der Waals surface area contributed by atoms with Gasteiger partial charge in [0.2, 0.25) is 5.89 Å². The topological polar surface area (TPSA) is 52.3 Å². The molecule has 0 radical (unpaired) electrons. The van der Waals surface area contributed by atoms with Crippen molar-refractivity contribution < 1.29 is 13.9 Å². The minimum atomic E-state index is -0.542. The van der Waals surface area contributed by atoms with Crippen LogP contribution in [-0.2, 0) is 4.79 Å². The number of carbonyl (C=O) groups excluding carboxylic acids is 1. The molecule has 0 unspecified atom stereocenters. The number of hydrogen-bond donors (Lipinski definition) is 0. The third-order valence-corrected chi connectivity index (χ3v) is 3.49. The molecule has 0 saturated heterocycles. The fourth-order valence-electron chi connectivity index (χ4n) is 1.91. The summed E-state index contributed by atoms with van der Waals surface area (Å²) in [7, 11) is 0. The molecular formula is C16H10BrNO3. The highest BCUT2D eigenvalue weighted by molar-refractivity contribution is 9.10. The van der Waals surface area contributed by atoms with E-state index in [1.807, 2.05) is 30.3 Å². The number of halogens is 1. The molecule has 21 heavy (non-hydrogen) atoms. The average molecular weight is 344 g/mol. The lowest BCUT2D eigenvalue weighted by molar-refractivity contribution is -0.128. The van der Waals surface area contributed by atoms with Gasteiger partial charge in [-0.15, -0.1) is 0 Å². The van der Waals surface area contributed by atoms with Crippen molar-refractivity contribution in [2.75, 3.05) is 0 Å². The number of rotatable bonds is 3. The van der Waals surface area contributed by atoms with Crippen LogP contribution in [0.15, 0.2) is 64.0 Å². The maximum Gasteiger partial charge on any atom is 0.335 e. The van der Waals surface area contributed by atoms with Gasteiger partial charge in [-0.25, -0.2) is 9.78 Å². The Balaban J connectivity index is 2.15. The van der Waals surface area contributed by atoms with E-state index >= 15 is 0 Å². The lowest BCUT2D eigenvalue weighted by atomic mass is 10.2. The van der Waals surface area contributed by atoms with Crippen LogP contribution in [0, 0.1) is 0 Å². The van der Waals surface area contributed by atoms with E-state index in [1.165, 1.54) is 0 Å². The maximum atomic E-state index is 11.5. The molecule has 0 bridgehead atoms. The second-order valence-corrected chi connectivity index (χ2v) is 5.08. The van der Waals surface area contributed by atoms with E-state index in [0.717, 1.165) is 11.6 Å². The smallest absolute Gasteiger partial charge is 0.335 e. The average Bonchev–Trinajstić information content (AvgIpc) is 2.92. The van der Waals surface area contributed by atoms with Crippen molar-refractivity contribution in [1.29, 1.82) is 0 Å². The monoisotopic (exact) mass is 343 g/mol. The van der Waals surface area contributed by atoms with E-state index in [1.54, 1.807) is 12.1 Å². The molecule has 0 aliphatic carbocycles. The van der Waals surface area contributed by atoms with Gasteiger partial charge in [-0.05, 0) is 40.2 Å². The Kier molecular flexibility index (Phi) is 3.58. The lowest BCUT2D eigenvalue weighted by Gasteiger charge is -2.08. The fraction of sp³-hybridized carbons (Fsp3) is 0. The third kappa shape index (κ3) is 2.60. The molecule has 0 saturated carbocycles. The van der Waals surface area contributed by atoms with Crippen LogP contribution in [0.3, 0.4) is 0 Å². The van der Waals surface area contributed by atoms with Gasteiger partial charge < -0.3 is 9.15 Å². The number of esters is 1. The molecule has 3 aromatic rings. The van der Waals surface area contributed by atoms with Crippen molar-refractivity contribution in [1.82, 2.24) is 4.98 Å². The van der Waals surface area contributed by atoms with Gasteiger partial charge >= 0.3 is 5.97 Å². The summed E-state index contributed by atoms with van der Waals surface area (Å²) < 4.78 is 11.6. The Hall–Kier alpha value is -2.40. The number of ether oxygens (including phenoxy) is 1. The predicted octanol–water partition coefficient (Wildman–Crippen LogP) is 4.35. The summed E-state index contributed by atoms with van der Waals surface area (Å²) in [5.41, 5.74) is 2.01. The molecule has 5 heteroatoms. The van der Waals surface area contributed by atoms with Gasteiger partial charge in [-0.2, -0.15) is 0 Å². The molecular weight excluding hydrogens is 334 g/mol. The van der Waals surface area contributed by atoms with Gasteiger partial charge in [0.05, 0.1) is 10.0 Å². The van der Waals surface area contributed by atoms with Gasteiger partial charge in [0.15, 0.2) is 11.3 Å². The van der Waals surface area contributed by atoms with Crippen molar-refractivity contribution in [2.45, 2.75) is 0 Å². The summed E-state index contributed by atoms with van der Waals surface area (Å²) in [6.07, 6.45) is 1.11. The Labute approximate surface area is 129 Å². The molecule has 0 spiro atoms. The number of fused-ring (bicyclic) bond motifs is 1. The van der Waals surface area contributed by atoms with Crippen molar-refractivity contribution in [3.05, 3.63) is 59.6 Å². The number of hydrogen-bond acceptors (Lipinski definition) is 4. The van der Waals surface area contributed by atoms with Crippen LogP contribution in [0.5, 0.6) is 5.75 Å². The van der Waals surface area contributed by atoms with Gasteiger partial charge in [-0.3, -0.25) is 0 Å². The number of aromatic nitrogens is 1. The third-order valence-electron chi connectivity index (χ3n) is 2.86. The van der Waals surface area contributed by atoms with Crippen LogP contribution < -0.4 is 4.74 Å². The number of para-hydroxylation sites is 3. The molecule has 104 valence electrons. The van der Waals surface area contributed by atoms with E-state index in [4.69, 9.17) is 9.15 Å². The highest BCUT2D eigenvalue weighted by Gasteiger charge is 2.17. The van der Waals surface area contributed by atoms with Crippen LogP contribution >= 0.6 is 15.9 Å². The summed E-state index contributed by atoms with van der Waals surface area (Å²) in [4.78, 5) is 15.9. The maximum absolute atomic E-state index is 11.5. The summed E-state index contributed by atoms with van der Waals surface area (Å²) >= 11 is 3.36. The highest BCUT2D eigenvalue weighted by atomic mass is 79.9. The first-order valence-electron chi connectivity index (χ1n) is 6.18. The van der Waals surface area contributed by atoms with Crippen molar-refractivity contribution in [3.63, 3.8) is 0 Å². The van der Waals surface area contributed by atoms with Crippen LogP contribution in [0.4, 0.5) is 0 Å². The van der Waals surface area contributed by atoms with Crippen molar-refractivity contribution >= 4 is 33.0 Å². The van der Waals surface area contributed by atoms with Gasteiger partial charge in [-0.1, -0.05) is 24.8 Å². The molecule has 4 nitrogen and oxygen atoms in total. The first-order chi connectivity index (χ1) is 10.2. The summed E-state index contributed by atoms with van der Waals surface area (Å²) in [6.45, 7) is 3.39. The zero-order chi connectivity index (χ0) is 14.8. The van der Waals surface area contributed by atoms with Gasteiger partial charge in [0.1, 0.15) is 5.52 Å². The van der Waals surface area contributed by atoms with Crippen molar-refractivity contribution in [2.24, 2.45) is 0 Å². The molecule has 0 atom stereocenters. The summed E-state index contributed by atoms with van der Waals surface area (Å²) in [6, 6.07) is 12.8. The van der Waals surface area contributed by atoms with E-state index in [2.05, 4.69) is 27.5 Å². The van der Waals surface area contributed by atoms with Crippen molar-refractivity contribution in [3.8, 4) is 17.2 Å². The van der Waals surface area contributed by atoms with Gasteiger partial charge in [0.25, 0.3) is 0 Å². The van der Waals surface area contributed by atoms with E-state index < -0.39 is 5.97 Å². The fourth-order valence-corrected chi connectivity index (χ4v) is 2.36. The minimum absolute atomic E-state index is 0.356. The van der Waals surface area contributed by atoms with Crippen LogP contribution in [0.25, 0.3) is 22.6 Å². The normalized spacial score (nSPS) is 10.5. The van der Waals surface area contributed by atoms with Crippen LogP contribution in [0.2, 0.25) is 0 Å². The van der Waals surface area contributed by atoms with E-state index in [-0.39, 0.29) is 0 Å². The highest BCUT2D eigenvalue weighted by Crippen LogP contribution is 2.37. The Morgan fingerprint density at radius 3 is 2.81 bits per heavy atom. The Morgan fingerprint density at radius 2 is 2.05 bits per heavy atom. The molecule has 0 amide bonds. The standard InChI is InChI=1S/C16H10BrNO3/c1-2-14(19)21-15-10(6-5-7-11(15)17)16-18-12-8-3-4-9-13(12)20-16/h2-9H,1H2. The summed E-state index contributed by atoms with van der Waals surface area (Å²) in [5.74, 6) is 0.206. The summed E-state index contributed by atoms with van der Waals surface area (Å²) in [5, 5.41) is 0. The minimum Gasteiger partial charge on any atom is -0.436 e. The molecule has 0 aliphatic heterocycles. The molecule has 2 aromatic carbocycles. The number of benzene rings is 2. The second kappa shape index (κ2) is 5.54. The molecule has 0 aliphatic rings. The first-order valence-corrected chi connectivity index (χ1v) is 6.97. The van der Waals surface area contributed by atoms with Crippen LogP contribution in [-0.4, -0.2) is 11.0 Å². The zero-order valence-electron chi connectivity index (χ0n) is 10.9. The Morgan fingerprint density at radius 1 is 1.24 bits per heavy atom. The lowest BCUT2D eigenvalue weighted by Crippen LogP contribution is -2.04. The number of carbonyl (C=O) groups is 1. The predicted molar refractivity (Wildman–Crippen MR) is 83.0 cm³/mol. The molecule has 0 fully saturated rings. The number of oxazole rings is 1. The molecule has 1 aromatic heterocycles. The van der Waals surface area contributed by atoms with Crippen LogP contribution in [0.1, 0.15) is 0 Å². The van der Waals surface area contributed by atoms with E-state index in [9.17, 15) is 4.79 Å². The quantitative estimate of drug-likeness (QED) is 0.403. The molecule has 1 heterocycles. The molecule has 0 N–H and O–H groups in total. The zero-order valence-corrected chi connectivity index (χ0v) is 12.5. The van der Waals surface area contributed by atoms with E-state index in [0.29, 0.717) is 27.3 Å². The SMILES string of the molecule is C=CC(=O)Oc1c(Br)cccc1-c1nc2ccccc2o1. The number of nitrogens with zero attached hydrogens (tertiary/aromatic N) is 1. The van der Waals surface area contributed by atoms with Gasteiger partial charge in [0, 0.05) is 6.08 Å². The first kappa shape index (κ1) is 13.6. The Bertz CT molecular complexity index is 805. The largest absolute Gasteiger partial charge is 0.436 e. The second-order valence-electron chi connectivity index (χ2n) is 4.23.